The van der Waals surface area contributed by atoms with Crippen LogP contribution in [0.3, 0.4) is 0 Å². The lowest BCUT2D eigenvalue weighted by molar-refractivity contribution is 0.102. The minimum Gasteiger partial charge on any atom is -0.319 e. The maximum Gasteiger partial charge on any atom is 0.258 e. The summed E-state index contributed by atoms with van der Waals surface area (Å²) in [6.07, 6.45) is 2.18. The third-order valence-corrected chi connectivity index (χ3v) is 2.43. The highest BCUT2D eigenvalue weighted by Gasteiger charge is 2.13. The van der Waals surface area contributed by atoms with Crippen LogP contribution in [0.15, 0.2) is 36.7 Å². The highest BCUT2D eigenvalue weighted by Crippen LogP contribution is 2.19. The molecule has 1 heterocycles. The number of carbonyl (C=O) groups excluding carboxylic acids is 1. The number of anilines is 1. The number of benzene rings is 1. The lowest BCUT2D eigenvalue weighted by Crippen LogP contribution is -2.14. The molecule has 0 bridgehead atoms. The molecule has 0 aliphatic rings. The summed E-state index contributed by atoms with van der Waals surface area (Å²) in [5.74, 6) is -2.22. The van der Waals surface area contributed by atoms with Crippen LogP contribution in [-0.4, -0.2) is 10.9 Å². The van der Waals surface area contributed by atoms with E-state index in [0.717, 1.165) is 12.3 Å². The van der Waals surface area contributed by atoms with Gasteiger partial charge in [-0.1, -0.05) is 11.6 Å². The smallest absolute Gasteiger partial charge is 0.258 e. The van der Waals surface area contributed by atoms with E-state index in [0.29, 0.717) is 0 Å². The summed E-state index contributed by atoms with van der Waals surface area (Å²) in [5.41, 5.74) is -0.278. The highest BCUT2D eigenvalue weighted by molar-refractivity contribution is 6.30. The van der Waals surface area contributed by atoms with Gasteiger partial charge < -0.3 is 5.32 Å². The Kier molecular flexibility index (Phi) is 3.53. The van der Waals surface area contributed by atoms with Crippen molar-refractivity contribution in [3.05, 3.63) is 58.9 Å². The first-order valence-corrected chi connectivity index (χ1v) is 5.31. The molecule has 18 heavy (non-hydrogen) atoms. The minimum atomic E-state index is -0.774. The molecule has 0 spiro atoms. The van der Waals surface area contributed by atoms with E-state index < -0.39 is 17.5 Å². The van der Waals surface area contributed by atoms with E-state index in [2.05, 4.69) is 10.3 Å². The van der Waals surface area contributed by atoms with Gasteiger partial charge in [0.15, 0.2) is 5.82 Å². The monoisotopic (exact) mass is 268 g/mol. The number of pyridine rings is 1. The third-order valence-electron chi connectivity index (χ3n) is 2.20. The summed E-state index contributed by atoms with van der Waals surface area (Å²) in [5, 5.41) is 2.46. The van der Waals surface area contributed by atoms with Gasteiger partial charge in [0.2, 0.25) is 0 Å². The van der Waals surface area contributed by atoms with Crippen LogP contribution in [0.5, 0.6) is 0 Å². The van der Waals surface area contributed by atoms with Gasteiger partial charge in [-0.3, -0.25) is 9.78 Å². The van der Waals surface area contributed by atoms with Gasteiger partial charge in [0, 0.05) is 11.2 Å². The zero-order valence-corrected chi connectivity index (χ0v) is 9.71. The van der Waals surface area contributed by atoms with E-state index in [9.17, 15) is 13.6 Å². The van der Waals surface area contributed by atoms with Gasteiger partial charge in [0.25, 0.3) is 5.91 Å². The number of rotatable bonds is 2. The summed E-state index contributed by atoms with van der Waals surface area (Å²) in [4.78, 5) is 15.2. The van der Waals surface area contributed by atoms with Gasteiger partial charge in [-0.05, 0) is 24.3 Å². The van der Waals surface area contributed by atoms with Crippen LogP contribution in [0.25, 0.3) is 0 Å². The average molecular weight is 269 g/mol. The molecule has 0 fully saturated rings. The Labute approximate surface area is 106 Å². The molecule has 2 aromatic rings. The summed E-state index contributed by atoms with van der Waals surface area (Å²) in [6, 6.07) is 4.98. The van der Waals surface area contributed by atoms with Crippen molar-refractivity contribution >= 4 is 23.2 Å². The molecule has 0 radical (unpaired) electrons. The Hall–Kier alpha value is -2.01. The van der Waals surface area contributed by atoms with Crippen LogP contribution in [0.2, 0.25) is 5.02 Å². The molecule has 1 amide bonds. The summed E-state index contributed by atoms with van der Waals surface area (Å²) in [6.45, 7) is 0. The predicted molar refractivity (Wildman–Crippen MR) is 63.6 cm³/mol. The average Bonchev–Trinajstić information content (AvgIpc) is 2.33. The van der Waals surface area contributed by atoms with Crippen molar-refractivity contribution in [2.75, 3.05) is 5.32 Å². The van der Waals surface area contributed by atoms with Crippen molar-refractivity contribution in [2.45, 2.75) is 0 Å². The SMILES string of the molecule is O=C(Nc1ccc(Cl)cc1F)c1ccncc1F. The number of hydrogen-bond acceptors (Lipinski definition) is 2. The molecule has 0 atom stereocenters. The largest absolute Gasteiger partial charge is 0.319 e. The molecule has 3 nitrogen and oxygen atoms in total. The van der Waals surface area contributed by atoms with Crippen molar-refractivity contribution in [3.8, 4) is 0 Å². The predicted octanol–water partition coefficient (Wildman–Crippen LogP) is 3.27. The van der Waals surface area contributed by atoms with Crippen molar-refractivity contribution in [1.82, 2.24) is 4.98 Å². The molecule has 0 aliphatic heterocycles. The first-order chi connectivity index (χ1) is 8.58. The van der Waals surface area contributed by atoms with Gasteiger partial charge in [-0.25, -0.2) is 8.78 Å². The summed E-state index contributed by atoms with van der Waals surface area (Å²) in [7, 11) is 0. The Morgan fingerprint density at radius 2 is 2.00 bits per heavy atom. The molecule has 0 saturated carbocycles. The molecule has 1 N–H and O–H groups in total. The molecule has 0 saturated heterocycles. The van der Waals surface area contributed by atoms with Crippen LogP contribution in [0.1, 0.15) is 10.4 Å². The van der Waals surface area contributed by atoms with E-state index in [4.69, 9.17) is 11.6 Å². The normalized spacial score (nSPS) is 10.2. The number of carbonyl (C=O) groups is 1. The van der Waals surface area contributed by atoms with Gasteiger partial charge in [-0.15, -0.1) is 0 Å². The van der Waals surface area contributed by atoms with E-state index in [1.54, 1.807) is 0 Å². The number of amides is 1. The van der Waals surface area contributed by atoms with E-state index in [1.807, 2.05) is 0 Å². The number of nitrogens with zero attached hydrogens (tertiary/aromatic N) is 1. The topological polar surface area (TPSA) is 42.0 Å². The second kappa shape index (κ2) is 5.10. The van der Waals surface area contributed by atoms with Gasteiger partial charge in [-0.2, -0.15) is 0 Å². The third kappa shape index (κ3) is 2.62. The lowest BCUT2D eigenvalue weighted by atomic mass is 10.2. The second-order valence-corrected chi connectivity index (χ2v) is 3.87. The van der Waals surface area contributed by atoms with Crippen LogP contribution in [0, 0.1) is 11.6 Å². The molecule has 92 valence electrons. The number of aromatic nitrogens is 1. The quantitative estimate of drug-likeness (QED) is 0.908. The number of nitrogens with one attached hydrogen (secondary N) is 1. The van der Waals surface area contributed by atoms with Gasteiger partial charge in [0.05, 0.1) is 17.4 Å². The highest BCUT2D eigenvalue weighted by atomic mass is 35.5. The molecular weight excluding hydrogens is 262 g/mol. The summed E-state index contributed by atoms with van der Waals surface area (Å²) < 4.78 is 26.7. The fourth-order valence-corrected chi connectivity index (χ4v) is 1.50. The molecule has 1 aromatic carbocycles. The van der Waals surface area contributed by atoms with Gasteiger partial charge in [0.1, 0.15) is 5.82 Å². The Balaban J connectivity index is 2.24. The van der Waals surface area contributed by atoms with E-state index >= 15 is 0 Å². The first-order valence-electron chi connectivity index (χ1n) is 4.94. The zero-order chi connectivity index (χ0) is 13.1. The van der Waals surface area contributed by atoms with Crippen molar-refractivity contribution in [1.29, 1.82) is 0 Å². The molecule has 6 heteroatoms. The molecule has 1 aromatic heterocycles. The molecule has 0 aliphatic carbocycles. The summed E-state index contributed by atoms with van der Waals surface area (Å²) >= 11 is 5.57. The fourth-order valence-electron chi connectivity index (χ4n) is 1.34. The first kappa shape index (κ1) is 12.4. The van der Waals surface area contributed by atoms with E-state index in [1.165, 1.54) is 24.4 Å². The van der Waals surface area contributed by atoms with Gasteiger partial charge >= 0.3 is 0 Å². The molecular formula is C12H7ClF2N2O. The zero-order valence-electron chi connectivity index (χ0n) is 8.95. The number of halogens is 3. The van der Waals surface area contributed by atoms with E-state index in [-0.39, 0.29) is 16.3 Å². The van der Waals surface area contributed by atoms with Crippen LogP contribution >= 0.6 is 11.6 Å². The van der Waals surface area contributed by atoms with Crippen LogP contribution < -0.4 is 5.32 Å². The minimum absolute atomic E-state index is 0.0689. The Morgan fingerprint density at radius 3 is 2.67 bits per heavy atom. The maximum atomic E-state index is 13.4. The maximum absolute atomic E-state index is 13.4. The second-order valence-electron chi connectivity index (χ2n) is 3.43. The lowest BCUT2D eigenvalue weighted by Gasteiger charge is -2.07. The number of hydrogen-bond donors (Lipinski definition) is 1. The van der Waals surface area contributed by atoms with Crippen molar-refractivity contribution in [3.63, 3.8) is 0 Å². The van der Waals surface area contributed by atoms with Crippen LogP contribution in [-0.2, 0) is 0 Å². The molecule has 2 rings (SSSR count). The standard InChI is InChI=1S/C12H7ClF2N2O/c13-7-1-2-11(9(14)5-7)17-12(18)8-3-4-16-6-10(8)15/h1-6H,(H,17,18). The Morgan fingerprint density at radius 1 is 1.22 bits per heavy atom. The van der Waals surface area contributed by atoms with Crippen LogP contribution in [0.4, 0.5) is 14.5 Å². The van der Waals surface area contributed by atoms with Crippen molar-refractivity contribution < 1.29 is 13.6 Å². The molecule has 0 unspecified atom stereocenters. The Bertz CT molecular complexity index is 604. The fraction of sp³-hybridized carbons (Fsp3) is 0. The van der Waals surface area contributed by atoms with Crippen molar-refractivity contribution in [2.24, 2.45) is 0 Å².